The van der Waals surface area contributed by atoms with Gasteiger partial charge < -0.3 is 5.11 Å². The lowest BCUT2D eigenvalue weighted by molar-refractivity contribution is 0.414. The summed E-state index contributed by atoms with van der Waals surface area (Å²) < 4.78 is 1.11. The topological polar surface area (TPSA) is 20.2 Å². The van der Waals surface area contributed by atoms with E-state index in [2.05, 4.69) is 40.8 Å². The highest BCUT2D eigenvalue weighted by Gasteiger charge is 2.23. The van der Waals surface area contributed by atoms with Crippen LogP contribution in [0.25, 0.3) is 0 Å². The van der Waals surface area contributed by atoms with E-state index < -0.39 is 0 Å². The number of aliphatic hydroxyl groups is 1. The molecular weight excluding hydrogens is 263 g/mol. The molecule has 1 N–H and O–H groups in total. The Morgan fingerprint density at radius 1 is 1.42 bits per heavy atom. The van der Waals surface area contributed by atoms with Crippen LogP contribution >= 0.6 is 22.6 Å². The van der Waals surface area contributed by atoms with E-state index in [9.17, 15) is 0 Å². The fourth-order valence-electron chi connectivity index (χ4n) is 1.33. The maximum atomic E-state index is 8.92. The van der Waals surface area contributed by atoms with Crippen LogP contribution in [0.1, 0.15) is 29.9 Å². The van der Waals surface area contributed by atoms with Crippen molar-refractivity contribution in [1.29, 1.82) is 0 Å². The molecule has 1 saturated carbocycles. The van der Waals surface area contributed by atoms with Crippen LogP contribution in [0, 0.1) is 10.2 Å². The molecule has 0 atom stereocenters. The second-order valence-corrected chi connectivity index (χ2v) is 4.35. The molecule has 1 fully saturated rings. The largest absolute Gasteiger partial charge is 0.385 e. The molecule has 1 radical (unpaired) electrons. The molecule has 12 heavy (non-hydrogen) atoms. The summed E-state index contributed by atoms with van der Waals surface area (Å²) >= 11 is 2.23. The zero-order chi connectivity index (χ0) is 8.55. The molecule has 1 aliphatic carbocycles. The van der Waals surface area contributed by atoms with Crippen LogP contribution < -0.4 is 0 Å². The predicted molar refractivity (Wildman–Crippen MR) is 56.5 cm³/mol. The Labute approximate surface area is 85.9 Å². The van der Waals surface area contributed by atoms with Gasteiger partial charge in [-0.1, -0.05) is 12.1 Å². The van der Waals surface area contributed by atoms with Gasteiger partial charge in [-0.15, -0.1) is 0 Å². The summed E-state index contributed by atoms with van der Waals surface area (Å²) in [6, 6.07) is 6.31. The molecule has 0 spiro atoms. The predicted octanol–water partition coefficient (Wildman–Crippen LogP) is 3.05. The van der Waals surface area contributed by atoms with E-state index in [-0.39, 0.29) is 0 Å². The number of benzene rings is 1. The molecule has 0 heterocycles. The SMILES string of the molecule is O[CH]c1cc(C2CC2)ccc1I. The lowest BCUT2D eigenvalue weighted by Crippen LogP contribution is -1.88. The van der Waals surface area contributed by atoms with Gasteiger partial charge in [0.15, 0.2) is 0 Å². The summed E-state index contributed by atoms with van der Waals surface area (Å²) in [5.74, 6) is 0.765. The minimum absolute atomic E-state index is 0.765. The van der Waals surface area contributed by atoms with Gasteiger partial charge in [0.1, 0.15) is 6.61 Å². The van der Waals surface area contributed by atoms with Crippen molar-refractivity contribution in [2.75, 3.05) is 0 Å². The molecule has 0 aliphatic heterocycles. The Kier molecular flexibility index (Phi) is 2.37. The Balaban J connectivity index is 2.33. The van der Waals surface area contributed by atoms with Gasteiger partial charge in [-0.3, -0.25) is 0 Å². The smallest absolute Gasteiger partial charge is 0.110 e. The van der Waals surface area contributed by atoms with Gasteiger partial charge in [0, 0.05) is 3.57 Å². The molecule has 0 saturated heterocycles. The summed E-state index contributed by atoms with van der Waals surface area (Å²) in [5.41, 5.74) is 2.32. The molecule has 1 aliphatic rings. The van der Waals surface area contributed by atoms with E-state index in [1.807, 2.05) is 0 Å². The van der Waals surface area contributed by atoms with Crippen molar-refractivity contribution < 1.29 is 5.11 Å². The molecular formula is C10H10IO. The van der Waals surface area contributed by atoms with Crippen LogP contribution in [0.15, 0.2) is 18.2 Å². The van der Waals surface area contributed by atoms with Crippen LogP contribution in [-0.4, -0.2) is 5.11 Å². The number of halogens is 1. The summed E-state index contributed by atoms with van der Waals surface area (Å²) in [5, 5.41) is 8.92. The van der Waals surface area contributed by atoms with Crippen molar-refractivity contribution in [3.63, 3.8) is 0 Å². The average molecular weight is 273 g/mol. The van der Waals surface area contributed by atoms with E-state index >= 15 is 0 Å². The lowest BCUT2D eigenvalue weighted by Gasteiger charge is -2.03. The van der Waals surface area contributed by atoms with E-state index in [1.54, 1.807) is 0 Å². The van der Waals surface area contributed by atoms with E-state index in [1.165, 1.54) is 25.0 Å². The summed E-state index contributed by atoms with van der Waals surface area (Å²) in [4.78, 5) is 0. The van der Waals surface area contributed by atoms with Crippen LogP contribution in [0.4, 0.5) is 0 Å². The third kappa shape index (κ3) is 1.64. The quantitative estimate of drug-likeness (QED) is 0.821. The Morgan fingerprint density at radius 2 is 2.17 bits per heavy atom. The minimum atomic E-state index is 0.765. The van der Waals surface area contributed by atoms with Crippen LogP contribution in [-0.2, 0) is 0 Å². The van der Waals surface area contributed by atoms with Gasteiger partial charge in [-0.2, -0.15) is 0 Å². The van der Waals surface area contributed by atoms with Crippen LogP contribution in [0.3, 0.4) is 0 Å². The monoisotopic (exact) mass is 273 g/mol. The standard InChI is InChI=1S/C10H10IO/c11-10-4-3-8(7-1-2-7)5-9(10)6-12/h3-7,12H,1-2H2. The third-order valence-electron chi connectivity index (χ3n) is 2.21. The molecule has 2 rings (SSSR count). The highest BCUT2D eigenvalue weighted by Crippen LogP contribution is 2.40. The van der Waals surface area contributed by atoms with Crippen molar-refractivity contribution >= 4 is 22.6 Å². The van der Waals surface area contributed by atoms with Crippen LogP contribution in [0.2, 0.25) is 0 Å². The Morgan fingerprint density at radius 3 is 2.75 bits per heavy atom. The third-order valence-corrected chi connectivity index (χ3v) is 3.19. The fourth-order valence-corrected chi connectivity index (χ4v) is 1.81. The highest BCUT2D eigenvalue weighted by atomic mass is 127. The summed E-state index contributed by atoms with van der Waals surface area (Å²) in [6.07, 6.45) is 2.62. The second kappa shape index (κ2) is 3.34. The lowest BCUT2D eigenvalue weighted by atomic mass is 10.1. The minimum Gasteiger partial charge on any atom is -0.385 e. The number of rotatable bonds is 2. The molecule has 0 amide bonds. The van der Waals surface area contributed by atoms with Gasteiger partial charge in [-0.25, -0.2) is 0 Å². The Bertz CT molecular complexity index is 292. The van der Waals surface area contributed by atoms with Crippen molar-refractivity contribution in [1.82, 2.24) is 0 Å². The molecule has 1 nitrogen and oxygen atoms in total. The van der Waals surface area contributed by atoms with Gasteiger partial charge in [0.25, 0.3) is 0 Å². The van der Waals surface area contributed by atoms with Crippen molar-refractivity contribution in [2.24, 2.45) is 0 Å². The van der Waals surface area contributed by atoms with E-state index in [4.69, 9.17) is 5.11 Å². The van der Waals surface area contributed by atoms with E-state index in [0.29, 0.717) is 0 Å². The van der Waals surface area contributed by atoms with Crippen molar-refractivity contribution in [3.8, 4) is 0 Å². The first-order valence-corrected chi connectivity index (χ1v) is 5.16. The van der Waals surface area contributed by atoms with Crippen molar-refractivity contribution in [3.05, 3.63) is 39.5 Å². The zero-order valence-corrected chi connectivity index (χ0v) is 8.78. The number of hydrogen-bond acceptors (Lipinski definition) is 1. The molecule has 0 unspecified atom stereocenters. The molecule has 0 aromatic heterocycles. The maximum absolute atomic E-state index is 8.92. The molecule has 2 heteroatoms. The molecule has 1 aromatic carbocycles. The van der Waals surface area contributed by atoms with Gasteiger partial charge in [-0.05, 0) is 58.5 Å². The van der Waals surface area contributed by atoms with Crippen LogP contribution in [0.5, 0.6) is 0 Å². The molecule has 63 valence electrons. The molecule has 0 bridgehead atoms. The Hall–Kier alpha value is -0.0900. The first kappa shape index (κ1) is 8.51. The first-order valence-electron chi connectivity index (χ1n) is 4.08. The highest BCUT2D eigenvalue weighted by molar-refractivity contribution is 14.1. The maximum Gasteiger partial charge on any atom is 0.110 e. The normalized spacial score (nSPS) is 16.5. The fraction of sp³-hybridized carbons (Fsp3) is 0.300. The van der Waals surface area contributed by atoms with E-state index in [0.717, 1.165) is 15.1 Å². The van der Waals surface area contributed by atoms with Gasteiger partial charge >= 0.3 is 0 Å². The molecule has 1 aromatic rings. The average Bonchev–Trinajstić information content (AvgIpc) is 2.88. The van der Waals surface area contributed by atoms with Gasteiger partial charge in [0.2, 0.25) is 0 Å². The summed E-state index contributed by atoms with van der Waals surface area (Å²) in [7, 11) is 0. The second-order valence-electron chi connectivity index (χ2n) is 3.18. The van der Waals surface area contributed by atoms with Crippen molar-refractivity contribution in [2.45, 2.75) is 18.8 Å². The number of aliphatic hydroxyl groups excluding tert-OH is 1. The first-order chi connectivity index (χ1) is 5.81. The zero-order valence-electron chi connectivity index (χ0n) is 6.63. The summed E-state index contributed by atoms with van der Waals surface area (Å²) in [6.45, 7) is 1.19. The van der Waals surface area contributed by atoms with Gasteiger partial charge in [0.05, 0.1) is 0 Å². The number of hydrogen-bond donors (Lipinski definition) is 1.